The van der Waals surface area contributed by atoms with Crippen LogP contribution < -0.4 is 22.1 Å². The number of anilines is 2. The number of hydrogen-bond donors (Lipinski definition) is 4. The Kier molecular flexibility index (Phi) is 5.78. The number of allylic oxidation sites excluding steroid dienone is 2. The molecule has 4 saturated carbocycles. The fourth-order valence-electron chi connectivity index (χ4n) is 6.03. The Bertz CT molecular complexity index is 881. The van der Waals surface area contributed by atoms with Crippen LogP contribution in [0.25, 0.3) is 0 Å². The highest BCUT2D eigenvalue weighted by Crippen LogP contribution is 2.59. The summed E-state index contributed by atoms with van der Waals surface area (Å²) in [5.74, 6) is 3.19. The minimum absolute atomic E-state index is 0.281. The Hall–Kier alpha value is -2.85. The van der Waals surface area contributed by atoms with Crippen LogP contribution in [0.3, 0.4) is 0 Å². The van der Waals surface area contributed by atoms with E-state index >= 15 is 0 Å². The number of nitrogens with zero attached hydrogens (tertiary/aromatic N) is 3. The molecule has 5 atom stereocenters. The Morgan fingerprint density at radius 1 is 1.30 bits per heavy atom. The first kappa shape index (κ1) is 20.4. The molecule has 0 spiro atoms. The molecule has 0 amide bonds. The van der Waals surface area contributed by atoms with Gasteiger partial charge in [-0.05, 0) is 73.1 Å². The van der Waals surface area contributed by atoms with E-state index in [0.717, 1.165) is 18.0 Å². The average molecular weight is 406 g/mol. The number of hydrogen-bond acceptors (Lipinski definition) is 7. The Balaban J connectivity index is 1.45. The maximum absolute atomic E-state index is 9.51. The second kappa shape index (κ2) is 8.49. The lowest BCUT2D eigenvalue weighted by Crippen LogP contribution is -2.58. The molecule has 4 fully saturated rings. The lowest BCUT2D eigenvalue weighted by Gasteiger charge is -2.59. The minimum Gasteiger partial charge on any atom is -0.405 e. The summed E-state index contributed by atoms with van der Waals surface area (Å²) in [4.78, 5) is 8.86. The van der Waals surface area contributed by atoms with Crippen molar-refractivity contribution in [1.29, 1.82) is 5.26 Å². The van der Waals surface area contributed by atoms with Crippen molar-refractivity contribution >= 4 is 11.8 Å². The number of nitrogens with one attached hydrogen (secondary N) is 2. The number of nitriles is 1. The third-order valence-corrected chi connectivity index (χ3v) is 7.11. The van der Waals surface area contributed by atoms with Gasteiger partial charge in [-0.15, -0.1) is 0 Å². The summed E-state index contributed by atoms with van der Waals surface area (Å²) >= 11 is 0. The lowest BCUT2D eigenvalue weighted by molar-refractivity contribution is -0.0591. The van der Waals surface area contributed by atoms with Crippen molar-refractivity contribution < 1.29 is 0 Å². The number of rotatable bonds is 8. The quantitative estimate of drug-likeness (QED) is 0.490. The van der Waals surface area contributed by atoms with E-state index < -0.39 is 0 Å². The summed E-state index contributed by atoms with van der Waals surface area (Å²) in [6.45, 7) is 5.07. The van der Waals surface area contributed by atoms with Gasteiger partial charge in [-0.1, -0.05) is 18.7 Å². The maximum Gasteiger partial charge on any atom is 0.224 e. The fourth-order valence-corrected chi connectivity index (χ4v) is 6.03. The van der Waals surface area contributed by atoms with Crippen LogP contribution in [0.5, 0.6) is 0 Å². The van der Waals surface area contributed by atoms with E-state index in [1.54, 1.807) is 18.3 Å². The summed E-state index contributed by atoms with van der Waals surface area (Å²) in [7, 11) is 0. The van der Waals surface area contributed by atoms with E-state index in [1.807, 2.05) is 6.08 Å². The van der Waals surface area contributed by atoms with Crippen LogP contribution in [0.4, 0.5) is 11.8 Å². The molecule has 0 aliphatic heterocycles. The zero-order valence-corrected chi connectivity index (χ0v) is 17.3. The van der Waals surface area contributed by atoms with Gasteiger partial charge in [-0.3, -0.25) is 0 Å². The molecule has 30 heavy (non-hydrogen) atoms. The predicted octanol–water partition coefficient (Wildman–Crippen LogP) is 2.91. The van der Waals surface area contributed by atoms with E-state index in [9.17, 15) is 5.26 Å². The van der Waals surface area contributed by atoms with E-state index in [0.29, 0.717) is 41.8 Å². The molecule has 1 aromatic rings. The van der Waals surface area contributed by atoms with Crippen LogP contribution in [0.1, 0.15) is 37.7 Å². The van der Waals surface area contributed by atoms with Gasteiger partial charge in [-0.25, -0.2) is 4.98 Å². The van der Waals surface area contributed by atoms with Gasteiger partial charge in [0.2, 0.25) is 5.95 Å². The topological polar surface area (TPSA) is 126 Å². The zero-order chi connectivity index (χ0) is 21.1. The van der Waals surface area contributed by atoms with Gasteiger partial charge in [0.1, 0.15) is 17.5 Å². The van der Waals surface area contributed by atoms with E-state index in [4.69, 9.17) is 11.5 Å². The second-order valence-corrected chi connectivity index (χ2v) is 9.16. The first-order valence-corrected chi connectivity index (χ1v) is 10.8. The van der Waals surface area contributed by atoms with Crippen molar-refractivity contribution in [3.8, 4) is 6.07 Å². The molecule has 158 valence electrons. The van der Waals surface area contributed by atoms with Crippen LogP contribution in [0.2, 0.25) is 0 Å². The van der Waals surface area contributed by atoms with Gasteiger partial charge in [0.25, 0.3) is 0 Å². The lowest BCUT2D eigenvalue weighted by atomic mass is 9.48. The van der Waals surface area contributed by atoms with Crippen LogP contribution in [-0.2, 0) is 0 Å². The molecule has 1 heterocycles. The molecule has 1 aromatic heterocycles. The standard InChI is InChI=1S/C23H31N7/c1-2-3-15(4-5-24)12-27-22-28-13-19(11-25)21(30-22)29-14-23-8-16-6-17(9-23)20(26)18(7-16)10-23/h2-5,13,16-18,20H,1,6-10,12,14,24,26H2,(H2,27,28,29,30)/b5-4-,15-3+/t16?,17-,18+,20-,23-. The Labute approximate surface area is 178 Å². The van der Waals surface area contributed by atoms with Gasteiger partial charge < -0.3 is 22.1 Å². The highest BCUT2D eigenvalue weighted by atomic mass is 15.1. The summed E-state index contributed by atoms with van der Waals surface area (Å²) in [5, 5.41) is 16.2. The van der Waals surface area contributed by atoms with E-state index in [1.165, 1.54) is 38.3 Å². The van der Waals surface area contributed by atoms with E-state index in [2.05, 4.69) is 33.2 Å². The molecule has 5 rings (SSSR count). The van der Waals surface area contributed by atoms with Crippen molar-refractivity contribution in [2.24, 2.45) is 34.6 Å². The van der Waals surface area contributed by atoms with E-state index in [-0.39, 0.29) is 5.41 Å². The first-order valence-electron chi connectivity index (χ1n) is 10.8. The van der Waals surface area contributed by atoms with Crippen molar-refractivity contribution in [3.05, 3.63) is 48.3 Å². The van der Waals surface area contributed by atoms with Crippen LogP contribution in [0.15, 0.2) is 42.8 Å². The summed E-state index contributed by atoms with van der Waals surface area (Å²) in [5.41, 5.74) is 13.7. The first-order chi connectivity index (χ1) is 14.6. The van der Waals surface area contributed by atoms with Crippen LogP contribution >= 0.6 is 0 Å². The molecule has 0 saturated heterocycles. The molecule has 7 heteroatoms. The third-order valence-electron chi connectivity index (χ3n) is 7.11. The van der Waals surface area contributed by atoms with Gasteiger partial charge >= 0.3 is 0 Å². The molecule has 0 radical (unpaired) electrons. The van der Waals surface area contributed by atoms with Gasteiger partial charge in [-0.2, -0.15) is 10.2 Å². The summed E-state index contributed by atoms with van der Waals surface area (Å²) < 4.78 is 0. The molecular weight excluding hydrogens is 374 g/mol. The van der Waals surface area contributed by atoms with Crippen molar-refractivity contribution in [1.82, 2.24) is 9.97 Å². The SMILES string of the molecule is C=C/C=C(\C=C/N)CNc1ncc(C#N)c(NC[C@]23CC4C[C@H](C2)[C@@H](N)[C@@H](C4)C3)n1. The summed E-state index contributed by atoms with van der Waals surface area (Å²) in [6.07, 6.45) is 14.7. The molecule has 1 unspecified atom stereocenters. The smallest absolute Gasteiger partial charge is 0.224 e. The normalized spacial score (nSPS) is 32.2. The second-order valence-electron chi connectivity index (χ2n) is 9.16. The van der Waals surface area contributed by atoms with Crippen LogP contribution in [0, 0.1) is 34.5 Å². The number of aromatic nitrogens is 2. The molecule has 4 aliphatic rings. The van der Waals surface area contributed by atoms with Gasteiger partial charge in [0, 0.05) is 19.1 Å². The van der Waals surface area contributed by atoms with Gasteiger partial charge in [0.05, 0.1) is 6.20 Å². The van der Waals surface area contributed by atoms with Crippen molar-refractivity contribution in [2.75, 3.05) is 23.7 Å². The highest BCUT2D eigenvalue weighted by Gasteiger charge is 2.54. The fraction of sp³-hybridized carbons (Fsp3) is 0.522. The Morgan fingerprint density at radius 3 is 2.73 bits per heavy atom. The molecule has 6 N–H and O–H groups in total. The molecular formula is C23H31N7. The molecule has 7 nitrogen and oxygen atoms in total. The minimum atomic E-state index is 0.281. The van der Waals surface area contributed by atoms with Crippen LogP contribution in [-0.4, -0.2) is 29.1 Å². The number of nitrogens with two attached hydrogens (primary N) is 2. The zero-order valence-electron chi connectivity index (χ0n) is 17.3. The molecule has 0 aromatic carbocycles. The van der Waals surface area contributed by atoms with Gasteiger partial charge in [0.15, 0.2) is 0 Å². The highest BCUT2D eigenvalue weighted by molar-refractivity contribution is 5.53. The molecule has 4 bridgehead atoms. The third kappa shape index (κ3) is 4.05. The summed E-state index contributed by atoms with van der Waals surface area (Å²) in [6, 6.07) is 2.58. The predicted molar refractivity (Wildman–Crippen MR) is 119 cm³/mol. The van der Waals surface area contributed by atoms with Crippen molar-refractivity contribution in [2.45, 2.75) is 38.1 Å². The molecule has 4 aliphatic carbocycles. The van der Waals surface area contributed by atoms with Crippen molar-refractivity contribution in [3.63, 3.8) is 0 Å². The maximum atomic E-state index is 9.51. The monoisotopic (exact) mass is 405 g/mol. The average Bonchev–Trinajstić information content (AvgIpc) is 2.74. The Morgan fingerprint density at radius 2 is 2.07 bits per heavy atom. The largest absolute Gasteiger partial charge is 0.405 e.